The molecular weight excluding hydrogens is 627 g/mol. The van der Waals surface area contributed by atoms with Crippen LogP contribution in [0.3, 0.4) is 0 Å². The van der Waals surface area contributed by atoms with Crippen LogP contribution in [0, 0.1) is 25.5 Å². The lowest BCUT2D eigenvalue weighted by Gasteiger charge is -2.38. The molecule has 4 aliphatic rings. The van der Waals surface area contributed by atoms with E-state index >= 15 is 0 Å². The van der Waals surface area contributed by atoms with Crippen molar-refractivity contribution < 1.29 is 23.8 Å². The predicted molar refractivity (Wildman–Crippen MR) is 200 cm³/mol. The van der Waals surface area contributed by atoms with Gasteiger partial charge in [0.15, 0.2) is 0 Å². The summed E-state index contributed by atoms with van der Waals surface area (Å²) in [4.78, 5) is 14.6. The standard InChI is InChI=1S/C21H19FN2O2S.C8H9F.C6H12.2C2H6.CH4O/c1-13-9-19-20(27-23-12-24(19)15-5-3-2-4-6-15)11-16(13)14-7-8-18(22)17(10-14)21(25)26;1-6-3-4-8(9)5-7(6)2;1-2-4-6-5-3-1;3*1-2/h2-3,5,7-11,16,23H,1,4,6,12H2,(H,25,26);3-5H,1-2H3;1-6H2;2*1-2H3;2H,1H3. The normalized spacial score (nSPS) is 17.5. The molecule has 1 saturated carbocycles. The van der Waals surface area contributed by atoms with E-state index in [4.69, 9.17) is 5.11 Å². The first-order valence-corrected chi connectivity index (χ1v) is 17.9. The van der Waals surface area contributed by atoms with Crippen molar-refractivity contribution in [3.8, 4) is 0 Å². The second kappa shape index (κ2) is 23.8. The number of carbonyl (C=O) groups is 1. The zero-order valence-electron chi connectivity index (χ0n) is 29.9. The van der Waals surface area contributed by atoms with E-state index in [9.17, 15) is 18.7 Å². The van der Waals surface area contributed by atoms with Gasteiger partial charge >= 0.3 is 5.97 Å². The summed E-state index contributed by atoms with van der Waals surface area (Å²) in [6.45, 7) is 16.8. The summed E-state index contributed by atoms with van der Waals surface area (Å²) in [7, 11) is 1.00. The highest BCUT2D eigenvalue weighted by Gasteiger charge is 2.29. The average Bonchev–Trinajstić information content (AvgIpc) is 3.14. The van der Waals surface area contributed by atoms with Gasteiger partial charge in [0.05, 0.1) is 17.9 Å². The third kappa shape index (κ3) is 13.2. The number of aromatic carboxylic acids is 1. The molecule has 1 unspecified atom stereocenters. The molecule has 8 heteroatoms. The van der Waals surface area contributed by atoms with Gasteiger partial charge in [0.1, 0.15) is 11.6 Å². The SMILES string of the molecule is C1CCCCC1.C=C1C=C2C(=CC1c1ccc(F)c(C(=O)O)c1)SNCN2C1=CC=CCC1.CC.CC.CO.Cc1ccc(F)cc1C. The van der Waals surface area contributed by atoms with Crippen molar-refractivity contribution in [2.45, 2.75) is 98.8 Å². The van der Waals surface area contributed by atoms with Crippen LogP contribution in [0.25, 0.3) is 0 Å². The fourth-order valence-electron chi connectivity index (χ4n) is 5.28. The van der Waals surface area contributed by atoms with Gasteiger partial charge in [0.2, 0.25) is 0 Å². The molecule has 2 fully saturated rings. The molecule has 0 bridgehead atoms. The Kier molecular flexibility index (Phi) is 21.1. The topological polar surface area (TPSA) is 72.8 Å². The van der Waals surface area contributed by atoms with Crippen molar-refractivity contribution in [3.05, 3.63) is 129 Å². The number of rotatable bonds is 3. The maximum atomic E-state index is 13.7. The number of nitrogens with one attached hydrogen (secondary N) is 1. The van der Waals surface area contributed by atoms with Gasteiger partial charge in [-0.1, -0.05) is 103 Å². The van der Waals surface area contributed by atoms with Crippen molar-refractivity contribution >= 4 is 17.9 Å². The van der Waals surface area contributed by atoms with Gasteiger partial charge in [-0.15, -0.1) is 0 Å². The molecule has 1 aliphatic heterocycles. The van der Waals surface area contributed by atoms with Crippen molar-refractivity contribution in [3.63, 3.8) is 0 Å². The highest BCUT2D eigenvalue weighted by Crippen LogP contribution is 2.42. The molecule has 5 nitrogen and oxygen atoms in total. The van der Waals surface area contributed by atoms with E-state index in [-0.39, 0.29) is 17.3 Å². The van der Waals surface area contributed by atoms with Gasteiger partial charge in [-0.2, -0.15) is 0 Å². The van der Waals surface area contributed by atoms with Crippen molar-refractivity contribution in [2.24, 2.45) is 0 Å². The van der Waals surface area contributed by atoms with Crippen LogP contribution in [0.1, 0.15) is 112 Å². The Hall–Kier alpha value is -3.46. The Morgan fingerprint density at radius 1 is 0.938 bits per heavy atom. The van der Waals surface area contributed by atoms with Crippen molar-refractivity contribution in [1.29, 1.82) is 0 Å². The highest BCUT2D eigenvalue weighted by atomic mass is 32.2. The van der Waals surface area contributed by atoms with Crippen LogP contribution in [-0.2, 0) is 0 Å². The number of allylic oxidation sites excluding steroid dienone is 7. The Bertz CT molecular complexity index is 1420. The monoisotopic (exact) mass is 682 g/mol. The molecule has 0 amide bonds. The number of carboxylic acids is 1. The molecule has 0 radical (unpaired) electrons. The molecule has 3 aliphatic carbocycles. The van der Waals surface area contributed by atoms with Crippen LogP contribution in [0.4, 0.5) is 8.78 Å². The summed E-state index contributed by atoms with van der Waals surface area (Å²) in [6.07, 6.45) is 21.5. The van der Waals surface area contributed by atoms with Gasteiger partial charge in [-0.3, -0.25) is 0 Å². The van der Waals surface area contributed by atoms with E-state index in [1.165, 1.54) is 68.5 Å². The Labute approximate surface area is 292 Å². The maximum absolute atomic E-state index is 13.7. The minimum atomic E-state index is -1.27. The van der Waals surface area contributed by atoms with Crippen LogP contribution in [0.5, 0.6) is 0 Å². The van der Waals surface area contributed by atoms with Crippen molar-refractivity contribution in [2.75, 3.05) is 13.8 Å². The van der Waals surface area contributed by atoms with Crippen LogP contribution in [-0.4, -0.2) is 34.9 Å². The summed E-state index contributed by atoms with van der Waals surface area (Å²) in [5, 5.41) is 16.2. The first-order valence-electron chi connectivity index (χ1n) is 17.1. The fraction of sp³-hybridized carbons (Fsp3) is 0.425. The van der Waals surface area contributed by atoms with Gasteiger partial charge in [0, 0.05) is 23.6 Å². The highest BCUT2D eigenvalue weighted by molar-refractivity contribution is 8.01. The lowest BCUT2D eigenvalue weighted by molar-refractivity contribution is 0.0691. The molecular formula is C40H56F2N2O3S. The van der Waals surface area contributed by atoms with Crippen LogP contribution in [0.2, 0.25) is 0 Å². The molecule has 48 heavy (non-hydrogen) atoms. The molecule has 1 atom stereocenters. The second-order valence-electron chi connectivity index (χ2n) is 11.0. The van der Waals surface area contributed by atoms with Gasteiger partial charge in [0.25, 0.3) is 0 Å². The largest absolute Gasteiger partial charge is 0.478 e. The third-order valence-corrected chi connectivity index (χ3v) is 8.71. The number of carboxylic acid groups (broad SMARTS) is 1. The molecule has 1 heterocycles. The summed E-state index contributed by atoms with van der Waals surface area (Å²) < 4.78 is 29.4. The summed E-state index contributed by atoms with van der Waals surface area (Å²) in [6, 6.07) is 9.03. The Morgan fingerprint density at radius 3 is 2.08 bits per heavy atom. The van der Waals surface area contributed by atoms with Crippen molar-refractivity contribution in [1.82, 2.24) is 9.62 Å². The fourth-order valence-corrected chi connectivity index (χ4v) is 6.11. The average molecular weight is 683 g/mol. The molecule has 6 rings (SSSR count). The smallest absolute Gasteiger partial charge is 0.338 e. The second-order valence-corrected chi connectivity index (χ2v) is 11.9. The number of hydrogen-bond acceptors (Lipinski definition) is 5. The van der Waals surface area contributed by atoms with E-state index in [0.717, 1.165) is 52.8 Å². The lowest BCUT2D eigenvalue weighted by atomic mass is 9.86. The van der Waals surface area contributed by atoms with Crippen LogP contribution < -0.4 is 4.72 Å². The third-order valence-electron chi connectivity index (χ3n) is 7.88. The number of nitrogens with zero attached hydrogens (tertiary/aromatic N) is 1. The minimum Gasteiger partial charge on any atom is -0.478 e. The summed E-state index contributed by atoms with van der Waals surface area (Å²) >= 11 is 1.55. The maximum Gasteiger partial charge on any atom is 0.338 e. The van der Waals surface area contributed by atoms with Crippen LogP contribution >= 0.6 is 11.9 Å². The number of halogens is 2. The Morgan fingerprint density at radius 2 is 1.56 bits per heavy atom. The van der Waals surface area contributed by atoms with E-state index in [0.29, 0.717) is 6.67 Å². The summed E-state index contributed by atoms with van der Waals surface area (Å²) in [5.41, 5.74) is 5.76. The molecule has 2 aromatic rings. The number of hydrogen-bond donors (Lipinski definition) is 3. The van der Waals surface area contributed by atoms with Gasteiger partial charge < -0.3 is 15.1 Å². The predicted octanol–water partition coefficient (Wildman–Crippen LogP) is 11.1. The van der Waals surface area contributed by atoms with E-state index in [1.807, 2.05) is 41.5 Å². The molecule has 0 spiro atoms. The Balaban J connectivity index is 0.000000448. The molecule has 3 N–H and O–H groups in total. The number of aryl methyl sites for hydroxylation is 2. The minimum absolute atomic E-state index is 0.155. The van der Waals surface area contributed by atoms with Gasteiger partial charge in [-0.05, 0) is 97.3 Å². The molecule has 0 aromatic heterocycles. The first kappa shape index (κ1) is 42.6. The van der Waals surface area contributed by atoms with E-state index < -0.39 is 11.8 Å². The summed E-state index contributed by atoms with van der Waals surface area (Å²) in [5.74, 6) is -2.33. The number of fused-ring (bicyclic) bond motifs is 1. The van der Waals surface area contributed by atoms with E-state index in [1.54, 1.807) is 24.1 Å². The number of benzene rings is 2. The van der Waals surface area contributed by atoms with E-state index in [2.05, 4.69) is 46.6 Å². The molecule has 2 aromatic carbocycles. The number of aliphatic hydroxyl groups excluding tert-OH is 1. The number of aliphatic hydroxyl groups is 1. The zero-order chi connectivity index (χ0) is 36.1. The zero-order valence-corrected chi connectivity index (χ0v) is 30.7. The van der Waals surface area contributed by atoms with Crippen LogP contribution in [0.15, 0.2) is 95.2 Å². The first-order chi connectivity index (χ1) is 23.2. The molecule has 1 saturated heterocycles. The van der Waals surface area contributed by atoms with Gasteiger partial charge in [-0.25, -0.2) is 18.3 Å². The quantitative estimate of drug-likeness (QED) is 0.280. The lowest BCUT2D eigenvalue weighted by Crippen LogP contribution is -2.36. The molecule has 264 valence electrons.